The van der Waals surface area contributed by atoms with Crippen LogP contribution in [0.4, 0.5) is 0 Å². The predicted octanol–water partition coefficient (Wildman–Crippen LogP) is 4.89. The van der Waals surface area contributed by atoms with E-state index in [2.05, 4.69) is 4.99 Å². The maximum absolute atomic E-state index is 12.7. The van der Waals surface area contributed by atoms with Crippen molar-refractivity contribution in [3.8, 4) is 5.75 Å². The molecule has 1 amide bonds. The van der Waals surface area contributed by atoms with E-state index in [1.54, 1.807) is 17.9 Å². The summed E-state index contributed by atoms with van der Waals surface area (Å²) < 4.78 is 5.74. The molecule has 0 unspecified atom stereocenters. The zero-order valence-corrected chi connectivity index (χ0v) is 16.5. The fourth-order valence-electron chi connectivity index (χ4n) is 2.51. The summed E-state index contributed by atoms with van der Waals surface area (Å²) in [5, 5.41) is 1.77. The minimum atomic E-state index is -0.578. The Morgan fingerprint density at radius 1 is 1.23 bits per heavy atom. The van der Waals surface area contributed by atoms with Gasteiger partial charge in [-0.15, -0.1) is 0 Å². The van der Waals surface area contributed by atoms with Gasteiger partial charge >= 0.3 is 0 Å². The molecule has 4 nitrogen and oxygen atoms in total. The predicted molar refractivity (Wildman–Crippen MR) is 108 cm³/mol. The van der Waals surface area contributed by atoms with E-state index in [1.165, 1.54) is 11.8 Å². The van der Waals surface area contributed by atoms with Gasteiger partial charge in [-0.2, -0.15) is 0 Å². The van der Waals surface area contributed by atoms with Crippen LogP contribution < -0.4 is 4.74 Å². The Morgan fingerprint density at radius 2 is 2.00 bits per heavy atom. The fraction of sp³-hybridized carbons (Fsp3) is 0.263. The zero-order valence-electron chi connectivity index (χ0n) is 14.2. The SMILES string of the molecule is C[C@H](Oc1ccccc1)C(=O)N1CCN=C1SCc1ccc(Cl)c(Cl)c1. The molecular formula is C19H18Cl2N2O2S. The minimum absolute atomic E-state index is 0.0910. The van der Waals surface area contributed by atoms with Crippen LogP contribution in [0.3, 0.4) is 0 Å². The number of thioether (sulfide) groups is 1. The first-order chi connectivity index (χ1) is 12.5. The molecule has 2 aromatic rings. The van der Waals surface area contributed by atoms with Crippen molar-refractivity contribution in [3.05, 3.63) is 64.1 Å². The quantitative estimate of drug-likeness (QED) is 0.706. The van der Waals surface area contributed by atoms with Crippen LogP contribution in [0.2, 0.25) is 10.0 Å². The third-order valence-electron chi connectivity index (χ3n) is 3.82. The Morgan fingerprint density at radius 3 is 2.73 bits per heavy atom. The second kappa shape index (κ2) is 8.80. The molecule has 0 aliphatic carbocycles. The summed E-state index contributed by atoms with van der Waals surface area (Å²) in [6, 6.07) is 14.9. The Balaban J connectivity index is 1.60. The molecule has 136 valence electrons. The molecule has 26 heavy (non-hydrogen) atoms. The highest BCUT2D eigenvalue weighted by molar-refractivity contribution is 8.13. The summed E-state index contributed by atoms with van der Waals surface area (Å²) in [5.74, 6) is 1.24. The van der Waals surface area contributed by atoms with Gasteiger partial charge in [0.25, 0.3) is 5.91 Å². The Bertz CT molecular complexity index is 814. The molecule has 1 aliphatic rings. The summed E-state index contributed by atoms with van der Waals surface area (Å²) in [5.41, 5.74) is 1.03. The van der Waals surface area contributed by atoms with Crippen LogP contribution in [0.5, 0.6) is 5.75 Å². The lowest BCUT2D eigenvalue weighted by Crippen LogP contribution is -2.41. The molecule has 1 heterocycles. The van der Waals surface area contributed by atoms with E-state index in [-0.39, 0.29) is 5.91 Å². The molecule has 0 radical (unpaired) electrons. The molecule has 3 rings (SSSR count). The van der Waals surface area contributed by atoms with Gasteiger partial charge in [-0.05, 0) is 36.8 Å². The van der Waals surface area contributed by atoms with Crippen molar-refractivity contribution in [1.82, 2.24) is 4.90 Å². The van der Waals surface area contributed by atoms with Gasteiger partial charge in [0.15, 0.2) is 11.3 Å². The van der Waals surface area contributed by atoms with Crippen molar-refractivity contribution in [2.45, 2.75) is 18.8 Å². The van der Waals surface area contributed by atoms with Crippen molar-refractivity contribution in [3.63, 3.8) is 0 Å². The highest BCUT2D eigenvalue weighted by Gasteiger charge is 2.29. The Labute approximate surface area is 167 Å². The highest BCUT2D eigenvalue weighted by Crippen LogP contribution is 2.26. The third-order valence-corrected chi connectivity index (χ3v) is 5.65. The molecule has 1 aliphatic heterocycles. The number of hydrogen-bond donors (Lipinski definition) is 0. The maximum atomic E-state index is 12.7. The molecule has 0 saturated heterocycles. The van der Waals surface area contributed by atoms with Crippen LogP contribution in [0.15, 0.2) is 53.5 Å². The number of ether oxygens (including phenoxy) is 1. The van der Waals surface area contributed by atoms with Crippen LogP contribution in [0.25, 0.3) is 0 Å². The van der Waals surface area contributed by atoms with Gasteiger partial charge < -0.3 is 4.74 Å². The summed E-state index contributed by atoms with van der Waals surface area (Å²) in [6.45, 7) is 2.94. The minimum Gasteiger partial charge on any atom is -0.481 e. The van der Waals surface area contributed by atoms with Crippen LogP contribution in [0, 0.1) is 0 Å². The number of aliphatic imine (C=N–C) groups is 1. The number of carbonyl (C=O) groups excluding carboxylic acids is 1. The summed E-state index contributed by atoms with van der Waals surface area (Å²) >= 11 is 13.5. The average molecular weight is 409 g/mol. The molecule has 0 saturated carbocycles. The van der Waals surface area contributed by atoms with Crippen LogP contribution in [-0.2, 0) is 10.5 Å². The fourth-order valence-corrected chi connectivity index (χ4v) is 3.82. The number of amides is 1. The summed E-state index contributed by atoms with van der Waals surface area (Å²) in [4.78, 5) is 18.9. The molecule has 0 bridgehead atoms. The largest absolute Gasteiger partial charge is 0.481 e. The Kier molecular flexibility index (Phi) is 6.46. The van der Waals surface area contributed by atoms with E-state index in [0.717, 1.165) is 5.56 Å². The normalized spacial score (nSPS) is 14.9. The van der Waals surface area contributed by atoms with E-state index < -0.39 is 6.10 Å². The number of para-hydroxylation sites is 1. The molecule has 2 aromatic carbocycles. The first-order valence-electron chi connectivity index (χ1n) is 8.19. The van der Waals surface area contributed by atoms with E-state index in [9.17, 15) is 4.79 Å². The average Bonchev–Trinajstić information content (AvgIpc) is 3.11. The van der Waals surface area contributed by atoms with E-state index >= 15 is 0 Å². The topological polar surface area (TPSA) is 41.9 Å². The Hall–Kier alpha value is -1.69. The third kappa shape index (κ3) is 4.72. The molecule has 0 aromatic heterocycles. The number of hydrogen-bond acceptors (Lipinski definition) is 4. The van der Waals surface area contributed by atoms with Crippen molar-refractivity contribution in [2.75, 3.05) is 13.1 Å². The first-order valence-corrected chi connectivity index (χ1v) is 9.93. The molecule has 0 N–H and O–H groups in total. The second-order valence-corrected chi connectivity index (χ2v) is 7.52. The molecule has 0 spiro atoms. The van der Waals surface area contributed by atoms with Crippen molar-refractivity contribution >= 4 is 46.0 Å². The number of amidine groups is 1. The van der Waals surface area contributed by atoms with Gasteiger partial charge in [0, 0.05) is 12.3 Å². The zero-order chi connectivity index (χ0) is 18.5. The molecule has 0 fully saturated rings. The molecular weight excluding hydrogens is 391 g/mol. The van der Waals surface area contributed by atoms with Crippen LogP contribution in [0.1, 0.15) is 12.5 Å². The van der Waals surface area contributed by atoms with Crippen LogP contribution in [-0.4, -0.2) is 35.2 Å². The van der Waals surface area contributed by atoms with E-state index in [1.807, 2.05) is 42.5 Å². The lowest BCUT2D eigenvalue weighted by Gasteiger charge is -2.22. The van der Waals surface area contributed by atoms with Gasteiger partial charge in [-0.1, -0.05) is 59.2 Å². The second-order valence-electron chi connectivity index (χ2n) is 5.76. The number of nitrogens with zero attached hydrogens (tertiary/aromatic N) is 2. The number of carbonyl (C=O) groups is 1. The van der Waals surface area contributed by atoms with E-state index in [0.29, 0.717) is 39.8 Å². The van der Waals surface area contributed by atoms with Gasteiger partial charge in [-0.3, -0.25) is 14.7 Å². The number of rotatable bonds is 5. The molecule has 7 heteroatoms. The van der Waals surface area contributed by atoms with Crippen molar-refractivity contribution < 1.29 is 9.53 Å². The summed E-state index contributed by atoms with van der Waals surface area (Å²) in [7, 11) is 0. The van der Waals surface area contributed by atoms with Gasteiger partial charge in [0.2, 0.25) is 0 Å². The standard InChI is InChI=1S/C19H18Cl2N2O2S/c1-13(25-15-5-3-2-4-6-15)18(24)23-10-9-22-19(23)26-12-14-7-8-16(20)17(21)11-14/h2-8,11,13H,9-10,12H2,1H3/t13-/m0/s1. The van der Waals surface area contributed by atoms with Crippen LogP contribution >= 0.6 is 35.0 Å². The lowest BCUT2D eigenvalue weighted by atomic mass is 10.2. The molecule has 1 atom stereocenters. The first kappa shape index (κ1) is 19.1. The summed E-state index contributed by atoms with van der Waals surface area (Å²) in [6.07, 6.45) is -0.578. The van der Waals surface area contributed by atoms with E-state index in [4.69, 9.17) is 27.9 Å². The number of halogens is 2. The van der Waals surface area contributed by atoms with Crippen molar-refractivity contribution in [1.29, 1.82) is 0 Å². The monoisotopic (exact) mass is 408 g/mol. The maximum Gasteiger partial charge on any atom is 0.269 e. The van der Waals surface area contributed by atoms with Gasteiger partial charge in [0.05, 0.1) is 16.6 Å². The van der Waals surface area contributed by atoms with Gasteiger partial charge in [0.1, 0.15) is 5.75 Å². The lowest BCUT2D eigenvalue weighted by molar-refractivity contribution is -0.133. The number of benzene rings is 2. The highest BCUT2D eigenvalue weighted by atomic mass is 35.5. The smallest absolute Gasteiger partial charge is 0.269 e. The van der Waals surface area contributed by atoms with Crippen molar-refractivity contribution in [2.24, 2.45) is 4.99 Å². The van der Waals surface area contributed by atoms with Gasteiger partial charge in [-0.25, -0.2) is 0 Å².